The maximum atomic E-state index is 12.8. The number of fused-ring (bicyclic) bond motifs is 2. The van der Waals surface area contributed by atoms with Gasteiger partial charge in [-0.1, -0.05) is 6.42 Å². The van der Waals surface area contributed by atoms with Crippen LogP contribution in [0.2, 0.25) is 0 Å². The average Bonchev–Trinajstić information content (AvgIpc) is 3.19. The largest absolute Gasteiger partial charge is 0.379 e. The second-order valence-corrected chi connectivity index (χ2v) is 8.40. The first kappa shape index (κ1) is 15.9. The Labute approximate surface area is 140 Å². The van der Waals surface area contributed by atoms with Crippen LogP contribution in [0.5, 0.6) is 0 Å². The number of rotatable bonds is 4. The minimum Gasteiger partial charge on any atom is -0.379 e. The SMILES string of the molecule is O=C(CC1CC2CCC1C2)N1CCCC(CN2CCOCC2)C1. The van der Waals surface area contributed by atoms with E-state index in [1.807, 2.05) is 0 Å². The van der Waals surface area contributed by atoms with Crippen LogP contribution in [0.4, 0.5) is 0 Å². The van der Waals surface area contributed by atoms with Gasteiger partial charge in [0.25, 0.3) is 0 Å². The van der Waals surface area contributed by atoms with Crippen molar-refractivity contribution in [2.24, 2.45) is 23.7 Å². The third-order valence-corrected chi connectivity index (χ3v) is 6.81. The highest BCUT2D eigenvalue weighted by Crippen LogP contribution is 2.49. The van der Waals surface area contributed by atoms with Gasteiger partial charge in [0.1, 0.15) is 0 Å². The normalized spacial score (nSPS) is 38.2. The highest BCUT2D eigenvalue weighted by molar-refractivity contribution is 5.76. The molecule has 1 amide bonds. The molecule has 130 valence electrons. The topological polar surface area (TPSA) is 32.8 Å². The molecular weight excluding hydrogens is 288 g/mol. The van der Waals surface area contributed by atoms with Gasteiger partial charge < -0.3 is 9.64 Å². The molecule has 0 aromatic carbocycles. The lowest BCUT2D eigenvalue weighted by Gasteiger charge is -2.37. The molecule has 0 N–H and O–H groups in total. The van der Waals surface area contributed by atoms with Crippen LogP contribution in [0, 0.1) is 23.7 Å². The molecule has 2 bridgehead atoms. The van der Waals surface area contributed by atoms with E-state index in [1.54, 1.807) is 0 Å². The Morgan fingerprint density at radius 2 is 1.91 bits per heavy atom. The van der Waals surface area contributed by atoms with E-state index in [0.29, 0.717) is 17.7 Å². The zero-order valence-electron chi connectivity index (χ0n) is 14.4. The van der Waals surface area contributed by atoms with Gasteiger partial charge in [0, 0.05) is 39.1 Å². The van der Waals surface area contributed by atoms with Gasteiger partial charge in [-0.15, -0.1) is 0 Å². The van der Waals surface area contributed by atoms with Gasteiger partial charge in [0.05, 0.1) is 13.2 Å². The van der Waals surface area contributed by atoms with Crippen molar-refractivity contribution in [3.63, 3.8) is 0 Å². The molecule has 4 unspecified atom stereocenters. The van der Waals surface area contributed by atoms with Crippen molar-refractivity contribution in [3.05, 3.63) is 0 Å². The summed E-state index contributed by atoms with van der Waals surface area (Å²) in [6, 6.07) is 0. The van der Waals surface area contributed by atoms with Gasteiger partial charge in [0.2, 0.25) is 5.91 Å². The van der Waals surface area contributed by atoms with Gasteiger partial charge in [-0.05, 0) is 55.8 Å². The van der Waals surface area contributed by atoms with Crippen molar-refractivity contribution in [1.29, 1.82) is 0 Å². The summed E-state index contributed by atoms with van der Waals surface area (Å²) >= 11 is 0. The Morgan fingerprint density at radius 1 is 1.04 bits per heavy atom. The number of amides is 1. The smallest absolute Gasteiger partial charge is 0.222 e. The fourth-order valence-electron chi connectivity index (χ4n) is 5.57. The maximum Gasteiger partial charge on any atom is 0.222 e. The summed E-state index contributed by atoms with van der Waals surface area (Å²) in [7, 11) is 0. The van der Waals surface area contributed by atoms with Crippen molar-refractivity contribution < 1.29 is 9.53 Å². The third-order valence-electron chi connectivity index (χ3n) is 6.81. The maximum absolute atomic E-state index is 12.8. The van der Waals surface area contributed by atoms with Crippen LogP contribution >= 0.6 is 0 Å². The molecule has 4 heteroatoms. The summed E-state index contributed by atoms with van der Waals surface area (Å²) in [5.74, 6) is 3.66. The number of carbonyl (C=O) groups is 1. The summed E-state index contributed by atoms with van der Waals surface area (Å²) in [5, 5.41) is 0. The van der Waals surface area contributed by atoms with E-state index >= 15 is 0 Å². The number of morpholine rings is 1. The molecular formula is C19H32N2O2. The molecule has 23 heavy (non-hydrogen) atoms. The van der Waals surface area contributed by atoms with Crippen molar-refractivity contribution in [1.82, 2.24) is 9.80 Å². The lowest BCUT2D eigenvalue weighted by atomic mass is 9.85. The Hall–Kier alpha value is -0.610. The van der Waals surface area contributed by atoms with Gasteiger partial charge in [-0.3, -0.25) is 9.69 Å². The molecule has 2 heterocycles. The number of piperidine rings is 1. The summed E-state index contributed by atoms with van der Waals surface area (Å²) in [4.78, 5) is 17.5. The molecule has 4 nitrogen and oxygen atoms in total. The fraction of sp³-hybridized carbons (Fsp3) is 0.947. The molecule has 2 saturated heterocycles. The van der Waals surface area contributed by atoms with Crippen LogP contribution in [-0.2, 0) is 9.53 Å². The minimum absolute atomic E-state index is 0.453. The molecule has 4 aliphatic rings. The van der Waals surface area contributed by atoms with E-state index in [-0.39, 0.29) is 0 Å². The molecule has 0 radical (unpaired) electrons. The van der Waals surface area contributed by atoms with Crippen molar-refractivity contribution in [2.75, 3.05) is 45.9 Å². The lowest BCUT2D eigenvalue weighted by Crippen LogP contribution is -2.46. The zero-order valence-corrected chi connectivity index (χ0v) is 14.4. The molecule has 4 rings (SSSR count). The van der Waals surface area contributed by atoms with Crippen LogP contribution in [0.25, 0.3) is 0 Å². The van der Waals surface area contributed by atoms with Crippen LogP contribution in [-0.4, -0.2) is 61.6 Å². The molecule has 0 spiro atoms. The van der Waals surface area contributed by atoms with E-state index in [1.165, 1.54) is 38.5 Å². The second-order valence-electron chi connectivity index (χ2n) is 8.40. The van der Waals surface area contributed by atoms with E-state index in [2.05, 4.69) is 9.80 Å². The van der Waals surface area contributed by atoms with Crippen molar-refractivity contribution >= 4 is 5.91 Å². The average molecular weight is 320 g/mol. The molecule has 2 aliphatic carbocycles. The number of carbonyl (C=O) groups excluding carboxylic acids is 1. The highest BCUT2D eigenvalue weighted by Gasteiger charge is 2.41. The first-order valence-corrected chi connectivity index (χ1v) is 9.86. The number of hydrogen-bond donors (Lipinski definition) is 0. The number of ether oxygens (including phenoxy) is 1. The summed E-state index contributed by atoms with van der Waals surface area (Å²) in [6.07, 6.45) is 8.89. The Morgan fingerprint density at radius 3 is 2.65 bits per heavy atom. The molecule has 0 aromatic rings. The van der Waals surface area contributed by atoms with E-state index in [9.17, 15) is 4.79 Å². The van der Waals surface area contributed by atoms with Crippen LogP contribution in [0.1, 0.15) is 44.9 Å². The molecule has 4 fully saturated rings. The van der Waals surface area contributed by atoms with Gasteiger partial charge >= 0.3 is 0 Å². The third kappa shape index (κ3) is 3.74. The first-order valence-electron chi connectivity index (χ1n) is 9.86. The lowest BCUT2D eigenvalue weighted by molar-refractivity contribution is -0.134. The molecule has 2 saturated carbocycles. The number of hydrogen-bond acceptors (Lipinski definition) is 3. The van der Waals surface area contributed by atoms with Crippen molar-refractivity contribution in [3.8, 4) is 0 Å². The Balaban J connectivity index is 1.25. The van der Waals surface area contributed by atoms with Crippen LogP contribution < -0.4 is 0 Å². The summed E-state index contributed by atoms with van der Waals surface area (Å²) < 4.78 is 5.44. The molecule has 0 aromatic heterocycles. The highest BCUT2D eigenvalue weighted by atomic mass is 16.5. The Kier molecular flexibility index (Phi) is 4.91. The van der Waals surface area contributed by atoms with Crippen LogP contribution in [0.15, 0.2) is 0 Å². The predicted molar refractivity (Wildman–Crippen MR) is 90.1 cm³/mol. The van der Waals surface area contributed by atoms with Gasteiger partial charge in [0.15, 0.2) is 0 Å². The van der Waals surface area contributed by atoms with Gasteiger partial charge in [-0.2, -0.15) is 0 Å². The van der Waals surface area contributed by atoms with E-state index < -0.39 is 0 Å². The Bertz CT molecular complexity index is 422. The van der Waals surface area contributed by atoms with Crippen LogP contribution in [0.3, 0.4) is 0 Å². The van der Waals surface area contributed by atoms with Gasteiger partial charge in [-0.25, -0.2) is 0 Å². The summed E-state index contributed by atoms with van der Waals surface area (Å²) in [5.41, 5.74) is 0. The first-order chi connectivity index (χ1) is 11.3. The predicted octanol–water partition coefficient (Wildman–Crippen LogP) is 2.38. The monoisotopic (exact) mass is 320 g/mol. The molecule has 2 aliphatic heterocycles. The summed E-state index contributed by atoms with van der Waals surface area (Å²) in [6.45, 7) is 7.03. The number of likely N-dealkylation sites (tertiary alicyclic amines) is 1. The second kappa shape index (κ2) is 7.10. The molecule has 4 atom stereocenters. The van der Waals surface area contributed by atoms with Crippen molar-refractivity contribution in [2.45, 2.75) is 44.9 Å². The fourth-order valence-corrected chi connectivity index (χ4v) is 5.57. The standard InChI is InChI=1S/C19H32N2O2/c22-19(12-18-11-15-3-4-17(18)10-15)21-5-1-2-16(14-21)13-20-6-8-23-9-7-20/h15-18H,1-14H2. The zero-order chi connectivity index (χ0) is 15.6. The van der Waals surface area contributed by atoms with E-state index in [0.717, 1.165) is 64.2 Å². The van der Waals surface area contributed by atoms with E-state index in [4.69, 9.17) is 4.74 Å². The minimum atomic E-state index is 0.453. The number of nitrogens with zero attached hydrogens (tertiary/aromatic N) is 2. The quantitative estimate of drug-likeness (QED) is 0.797.